The molecule has 1 atom stereocenters. The van der Waals surface area contributed by atoms with E-state index in [0.717, 1.165) is 29.7 Å². The molecule has 1 aliphatic heterocycles. The fourth-order valence-electron chi connectivity index (χ4n) is 2.42. The fourth-order valence-corrected chi connectivity index (χ4v) is 2.42. The Bertz CT molecular complexity index is 651. The van der Waals surface area contributed by atoms with Crippen molar-refractivity contribution < 1.29 is 14.8 Å². The molecule has 0 saturated heterocycles. The molecule has 2 aromatic carbocycles. The van der Waals surface area contributed by atoms with Gasteiger partial charge in [0.2, 0.25) is 0 Å². The summed E-state index contributed by atoms with van der Waals surface area (Å²) in [6, 6.07) is 11.5. The lowest BCUT2D eigenvalue weighted by Gasteiger charge is -2.26. The van der Waals surface area contributed by atoms with Crippen molar-refractivity contribution in [3.8, 4) is 11.5 Å². The maximum Gasteiger partial charge on any atom is 0.269 e. The van der Waals surface area contributed by atoms with Crippen molar-refractivity contribution in [1.82, 2.24) is 0 Å². The normalized spacial score (nSPS) is 17.1. The van der Waals surface area contributed by atoms with Gasteiger partial charge in [-0.3, -0.25) is 10.1 Å². The van der Waals surface area contributed by atoms with Gasteiger partial charge in [0.25, 0.3) is 5.69 Å². The Kier molecular flexibility index (Phi) is 3.02. The molecule has 3 rings (SSSR count). The molecule has 0 amide bonds. The highest BCUT2D eigenvalue weighted by Crippen LogP contribution is 2.36. The van der Waals surface area contributed by atoms with E-state index >= 15 is 0 Å². The molecule has 5 heteroatoms. The molecule has 0 aromatic heterocycles. The quantitative estimate of drug-likeness (QED) is 0.671. The number of aromatic hydroxyl groups is 1. The van der Waals surface area contributed by atoms with Crippen molar-refractivity contribution in [2.75, 3.05) is 0 Å². The molecule has 0 fully saturated rings. The molecule has 102 valence electrons. The second-order valence-electron chi connectivity index (χ2n) is 4.79. The second kappa shape index (κ2) is 4.85. The Morgan fingerprint density at radius 1 is 1.20 bits per heavy atom. The summed E-state index contributed by atoms with van der Waals surface area (Å²) in [6.07, 6.45) is 1.49. The fraction of sp³-hybridized carbons (Fsp3) is 0.200. The van der Waals surface area contributed by atoms with Gasteiger partial charge < -0.3 is 9.84 Å². The summed E-state index contributed by atoms with van der Waals surface area (Å²) in [7, 11) is 0. The van der Waals surface area contributed by atoms with Crippen molar-refractivity contribution >= 4 is 5.69 Å². The third-order valence-corrected chi connectivity index (χ3v) is 3.46. The SMILES string of the molecule is O=[N+]([O-])c1ccc(C2CCc3cc(O)ccc3O2)cc1. The molecule has 0 saturated carbocycles. The van der Waals surface area contributed by atoms with E-state index < -0.39 is 4.92 Å². The van der Waals surface area contributed by atoms with E-state index in [1.807, 2.05) is 0 Å². The number of rotatable bonds is 2. The lowest BCUT2D eigenvalue weighted by Crippen LogP contribution is -2.15. The number of phenols is 1. The molecule has 0 radical (unpaired) electrons. The van der Waals surface area contributed by atoms with Crippen LogP contribution in [0.4, 0.5) is 5.69 Å². The maximum atomic E-state index is 10.6. The number of benzene rings is 2. The Hall–Kier alpha value is -2.56. The van der Waals surface area contributed by atoms with Crippen molar-refractivity contribution in [1.29, 1.82) is 0 Å². The van der Waals surface area contributed by atoms with Crippen LogP contribution in [-0.2, 0) is 6.42 Å². The molecule has 2 aromatic rings. The monoisotopic (exact) mass is 271 g/mol. The minimum absolute atomic E-state index is 0.0786. The van der Waals surface area contributed by atoms with E-state index in [1.165, 1.54) is 12.1 Å². The third kappa shape index (κ3) is 2.30. The van der Waals surface area contributed by atoms with E-state index in [0.29, 0.717) is 0 Å². The molecular formula is C15H13NO4. The number of nitrogens with zero attached hydrogens (tertiary/aromatic N) is 1. The summed E-state index contributed by atoms with van der Waals surface area (Å²) in [5, 5.41) is 20.1. The first-order chi connectivity index (χ1) is 9.63. The summed E-state index contributed by atoms with van der Waals surface area (Å²) >= 11 is 0. The Balaban J connectivity index is 1.83. The number of hydrogen-bond acceptors (Lipinski definition) is 4. The summed E-state index contributed by atoms with van der Waals surface area (Å²) in [5.41, 5.74) is 1.99. The highest BCUT2D eigenvalue weighted by molar-refractivity contribution is 5.42. The smallest absolute Gasteiger partial charge is 0.269 e. The van der Waals surface area contributed by atoms with Gasteiger partial charge in [0.1, 0.15) is 17.6 Å². The predicted molar refractivity (Wildman–Crippen MR) is 72.9 cm³/mol. The number of aryl methyl sites for hydroxylation is 1. The molecule has 1 N–H and O–H groups in total. The minimum atomic E-state index is -0.413. The first kappa shape index (κ1) is 12.5. The second-order valence-corrected chi connectivity index (χ2v) is 4.79. The van der Waals surface area contributed by atoms with Crippen LogP contribution in [0.3, 0.4) is 0 Å². The van der Waals surface area contributed by atoms with Gasteiger partial charge in [-0.2, -0.15) is 0 Å². The molecule has 20 heavy (non-hydrogen) atoms. The number of nitro benzene ring substituents is 1. The van der Waals surface area contributed by atoms with Gasteiger partial charge in [0.15, 0.2) is 0 Å². The minimum Gasteiger partial charge on any atom is -0.508 e. The van der Waals surface area contributed by atoms with Crippen molar-refractivity contribution in [3.63, 3.8) is 0 Å². The van der Waals surface area contributed by atoms with E-state index in [1.54, 1.807) is 30.3 Å². The van der Waals surface area contributed by atoms with Gasteiger partial charge >= 0.3 is 0 Å². The van der Waals surface area contributed by atoms with Gasteiger partial charge in [-0.1, -0.05) is 0 Å². The zero-order valence-electron chi connectivity index (χ0n) is 10.7. The average Bonchev–Trinajstić information content (AvgIpc) is 2.47. The zero-order valence-corrected chi connectivity index (χ0v) is 10.7. The van der Waals surface area contributed by atoms with Crippen LogP contribution in [-0.4, -0.2) is 10.0 Å². The highest BCUT2D eigenvalue weighted by Gasteiger charge is 2.22. The number of non-ortho nitro benzene ring substituents is 1. The first-order valence-corrected chi connectivity index (χ1v) is 6.36. The van der Waals surface area contributed by atoms with Gasteiger partial charge in [-0.05, 0) is 54.3 Å². The molecule has 1 heterocycles. The number of nitro groups is 1. The van der Waals surface area contributed by atoms with Crippen molar-refractivity contribution in [2.24, 2.45) is 0 Å². The Morgan fingerprint density at radius 3 is 2.65 bits per heavy atom. The van der Waals surface area contributed by atoms with Crippen LogP contribution in [0.5, 0.6) is 11.5 Å². The Morgan fingerprint density at radius 2 is 1.95 bits per heavy atom. The van der Waals surface area contributed by atoms with Gasteiger partial charge in [0, 0.05) is 12.1 Å². The van der Waals surface area contributed by atoms with Crippen molar-refractivity contribution in [3.05, 3.63) is 63.7 Å². The Labute approximate surface area is 115 Å². The lowest BCUT2D eigenvalue weighted by molar-refractivity contribution is -0.384. The van der Waals surface area contributed by atoms with Crippen LogP contribution < -0.4 is 4.74 Å². The number of ether oxygens (including phenoxy) is 1. The van der Waals surface area contributed by atoms with Gasteiger partial charge in [0.05, 0.1) is 4.92 Å². The third-order valence-electron chi connectivity index (χ3n) is 3.46. The molecule has 0 bridgehead atoms. The zero-order chi connectivity index (χ0) is 14.1. The van der Waals surface area contributed by atoms with Crippen LogP contribution in [0, 0.1) is 10.1 Å². The standard InChI is InChI=1S/C15H13NO4/c17-13-6-8-15-11(9-13)3-7-14(20-15)10-1-4-12(5-2-10)16(18)19/h1-2,4-6,8-9,14,17H,3,7H2. The number of fused-ring (bicyclic) bond motifs is 1. The summed E-state index contributed by atoms with van der Waals surface area (Å²) in [5.74, 6) is 0.999. The van der Waals surface area contributed by atoms with Crippen molar-refractivity contribution in [2.45, 2.75) is 18.9 Å². The maximum absolute atomic E-state index is 10.6. The topological polar surface area (TPSA) is 72.6 Å². The van der Waals surface area contributed by atoms with E-state index in [4.69, 9.17) is 4.74 Å². The number of phenolic OH excluding ortho intramolecular Hbond substituents is 1. The van der Waals surface area contributed by atoms with Crippen LogP contribution in [0.15, 0.2) is 42.5 Å². The van der Waals surface area contributed by atoms with Crippen LogP contribution in [0.2, 0.25) is 0 Å². The summed E-state index contributed by atoms with van der Waals surface area (Å²) in [6.45, 7) is 0. The summed E-state index contributed by atoms with van der Waals surface area (Å²) in [4.78, 5) is 10.2. The molecule has 0 aliphatic carbocycles. The van der Waals surface area contributed by atoms with Crippen LogP contribution in [0.25, 0.3) is 0 Å². The molecule has 1 aliphatic rings. The number of hydrogen-bond donors (Lipinski definition) is 1. The first-order valence-electron chi connectivity index (χ1n) is 6.36. The van der Waals surface area contributed by atoms with Gasteiger partial charge in [-0.15, -0.1) is 0 Å². The molecular weight excluding hydrogens is 258 g/mol. The van der Waals surface area contributed by atoms with Crippen LogP contribution >= 0.6 is 0 Å². The van der Waals surface area contributed by atoms with E-state index in [-0.39, 0.29) is 17.5 Å². The summed E-state index contributed by atoms with van der Waals surface area (Å²) < 4.78 is 5.89. The van der Waals surface area contributed by atoms with Crippen LogP contribution in [0.1, 0.15) is 23.7 Å². The van der Waals surface area contributed by atoms with E-state index in [9.17, 15) is 15.2 Å². The average molecular weight is 271 g/mol. The molecule has 0 spiro atoms. The largest absolute Gasteiger partial charge is 0.508 e. The van der Waals surface area contributed by atoms with E-state index in [2.05, 4.69) is 0 Å². The lowest BCUT2D eigenvalue weighted by atomic mass is 9.97. The molecule has 5 nitrogen and oxygen atoms in total. The van der Waals surface area contributed by atoms with Gasteiger partial charge in [-0.25, -0.2) is 0 Å². The highest BCUT2D eigenvalue weighted by atomic mass is 16.6. The predicted octanol–water partition coefficient (Wildman–Crippen LogP) is 3.37. The molecule has 1 unspecified atom stereocenters.